The van der Waals surface area contributed by atoms with E-state index in [1.165, 1.54) is 0 Å². The Bertz CT molecular complexity index is 984. The highest BCUT2D eigenvalue weighted by Crippen LogP contribution is 2.22. The number of hydrogen-bond donors (Lipinski definition) is 2. The highest BCUT2D eigenvalue weighted by molar-refractivity contribution is 7.80. The van der Waals surface area contributed by atoms with E-state index in [0.717, 1.165) is 39.2 Å². The van der Waals surface area contributed by atoms with Gasteiger partial charge in [0.1, 0.15) is 11.5 Å². The van der Waals surface area contributed by atoms with E-state index in [1.807, 2.05) is 55.5 Å². The third-order valence-corrected chi connectivity index (χ3v) is 4.33. The maximum absolute atomic E-state index is 5.30. The molecule has 0 fully saturated rings. The van der Waals surface area contributed by atoms with Crippen molar-refractivity contribution >= 4 is 39.5 Å². The molecular weight excluding hydrogens is 358 g/mol. The minimum absolute atomic E-state index is 0.421. The molecule has 0 saturated heterocycles. The molecule has 0 aliphatic rings. The number of hydrazone groups is 1. The molecule has 138 valence electrons. The second-order valence-corrected chi connectivity index (χ2v) is 6.33. The molecule has 0 atom stereocenters. The predicted molar refractivity (Wildman–Crippen MR) is 115 cm³/mol. The molecule has 0 unspecified atom stereocenters. The molecule has 2 N–H and O–H groups in total. The summed E-state index contributed by atoms with van der Waals surface area (Å²) >= 11 is 5.30. The Morgan fingerprint density at radius 1 is 0.852 bits per heavy atom. The van der Waals surface area contributed by atoms with Crippen LogP contribution in [0.5, 0.6) is 11.5 Å². The summed E-state index contributed by atoms with van der Waals surface area (Å²) in [6.07, 6.45) is 0. The van der Waals surface area contributed by atoms with Crippen LogP contribution >= 0.6 is 12.2 Å². The molecule has 3 rings (SSSR count). The van der Waals surface area contributed by atoms with E-state index in [2.05, 4.69) is 28.0 Å². The van der Waals surface area contributed by atoms with Gasteiger partial charge >= 0.3 is 0 Å². The molecule has 27 heavy (non-hydrogen) atoms. The Morgan fingerprint density at radius 3 is 2.19 bits per heavy atom. The summed E-state index contributed by atoms with van der Waals surface area (Å²) < 4.78 is 10.4. The van der Waals surface area contributed by atoms with Gasteiger partial charge in [-0.25, -0.2) is 0 Å². The van der Waals surface area contributed by atoms with Crippen molar-refractivity contribution in [3.05, 3.63) is 66.2 Å². The molecule has 0 amide bonds. The lowest BCUT2D eigenvalue weighted by atomic mass is 10.0. The topological polar surface area (TPSA) is 54.9 Å². The fraction of sp³-hybridized carbons (Fsp3) is 0.143. The van der Waals surface area contributed by atoms with Crippen LogP contribution in [0.3, 0.4) is 0 Å². The summed E-state index contributed by atoms with van der Waals surface area (Å²) in [7, 11) is 3.30. The molecule has 0 bridgehead atoms. The molecule has 0 aliphatic heterocycles. The van der Waals surface area contributed by atoms with Gasteiger partial charge in [0.05, 0.1) is 19.9 Å². The third-order valence-electron chi connectivity index (χ3n) is 4.14. The first kappa shape index (κ1) is 18.7. The summed E-state index contributed by atoms with van der Waals surface area (Å²) in [6, 6.07) is 19.7. The van der Waals surface area contributed by atoms with Gasteiger partial charge in [0.25, 0.3) is 0 Å². The van der Waals surface area contributed by atoms with E-state index < -0.39 is 0 Å². The summed E-state index contributed by atoms with van der Waals surface area (Å²) in [5.41, 5.74) is 5.60. The van der Waals surface area contributed by atoms with Gasteiger partial charge in [-0.15, -0.1) is 0 Å². The maximum Gasteiger partial charge on any atom is 0.191 e. The Balaban J connectivity index is 1.67. The quantitative estimate of drug-likeness (QED) is 0.386. The van der Waals surface area contributed by atoms with Gasteiger partial charge in [0.2, 0.25) is 0 Å². The highest BCUT2D eigenvalue weighted by atomic mass is 32.1. The van der Waals surface area contributed by atoms with Crippen LogP contribution in [0, 0.1) is 0 Å². The number of nitrogens with one attached hydrogen (secondary N) is 2. The number of rotatable bonds is 5. The van der Waals surface area contributed by atoms with Gasteiger partial charge in [-0.3, -0.25) is 5.43 Å². The molecule has 3 aromatic rings. The van der Waals surface area contributed by atoms with Crippen molar-refractivity contribution in [3.8, 4) is 11.5 Å². The minimum Gasteiger partial charge on any atom is -0.497 e. The van der Waals surface area contributed by atoms with E-state index in [9.17, 15) is 0 Å². The van der Waals surface area contributed by atoms with Crippen molar-refractivity contribution in [3.63, 3.8) is 0 Å². The number of benzene rings is 3. The van der Waals surface area contributed by atoms with Gasteiger partial charge in [0.15, 0.2) is 5.11 Å². The first-order chi connectivity index (χ1) is 13.1. The van der Waals surface area contributed by atoms with E-state index >= 15 is 0 Å². The zero-order valence-corrected chi connectivity index (χ0v) is 16.3. The first-order valence-electron chi connectivity index (χ1n) is 8.42. The number of anilines is 1. The van der Waals surface area contributed by atoms with Crippen LogP contribution in [0.25, 0.3) is 10.8 Å². The standard InChI is InChI=1S/C21H21N3O2S/c1-14(15-4-5-17-13-20(26-3)9-6-16(17)12-15)23-24-21(27)22-18-7-10-19(25-2)11-8-18/h4-13H,1-3H3,(H2,22,24,27)/b23-14-. The van der Waals surface area contributed by atoms with E-state index in [1.54, 1.807) is 14.2 Å². The molecule has 0 heterocycles. The molecule has 0 radical (unpaired) electrons. The van der Waals surface area contributed by atoms with E-state index in [-0.39, 0.29) is 0 Å². The lowest BCUT2D eigenvalue weighted by molar-refractivity contribution is 0.415. The zero-order chi connectivity index (χ0) is 19.2. The average Bonchev–Trinajstić information content (AvgIpc) is 2.71. The van der Waals surface area contributed by atoms with Crippen LogP contribution in [0.15, 0.2) is 65.8 Å². The number of hydrogen-bond acceptors (Lipinski definition) is 4. The fourth-order valence-corrected chi connectivity index (χ4v) is 2.77. The third kappa shape index (κ3) is 4.74. The lowest BCUT2D eigenvalue weighted by Gasteiger charge is -2.09. The number of nitrogens with zero attached hydrogens (tertiary/aromatic N) is 1. The zero-order valence-electron chi connectivity index (χ0n) is 15.4. The monoisotopic (exact) mass is 379 g/mol. The second-order valence-electron chi connectivity index (χ2n) is 5.92. The van der Waals surface area contributed by atoms with Crippen LogP contribution in [0.1, 0.15) is 12.5 Å². The van der Waals surface area contributed by atoms with Crippen molar-refractivity contribution in [1.82, 2.24) is 5.43 Å². The minimum atomic E-state index is 0.421. The summed E-state index contributed by atoms with van der Waals surface area (Å²) in [4.78, 5) is 0. The molecule has 5 nitrogen and oxygen atoms in total. The molecule has 0 aromatic heterocycles. The van der Waals surface area contributed by atoms with E-state index in [0.29, 0.717) is 5.11 Å². The fourth-order valence-electron chi connectivity index (χ4n) is 2.61. The molecular formula is C21H21N3O2S. The van der Waals surface area contributed by atoms with Gasteiger partial charge in [-0.2, -0.15) is 5.10 Å². The van der Waals surface area contributed by atoms with Gasteiger partial charge in [0, 0.05) is 5.69 Å². The lowest BCUT2D eigenvalue weighted by Crippen LogP contribution is -2.24. The smallest absolute Gasteiger partial charge is 0.191 e. The van der Waals surface area contributed by atoms with Gasteiger partial charge < -0.3 is 14.8 Å². The normalized spacial score (nSPS) is 11.1. The average molecular weight is 379 g/mol. The molecule has 6 heteroatoms. The van der Waals surface area contributed by atoms with Crippen LogP contribution in [0.4, 0.5) is 5.69 Å². The SMILES string of the molecule is COc1ccc(NC(=S)N/N=C(/C)c2ccc3cc(OC)ccc3c2)cc1. The van der Waals surface area contributed by atoms with Gasteiger partial charge in [-0.05, 0) is 77.9 Å². The molecule has 0 aliphatic carbocycles. The summed E-state index contributed by atoms with van der Waals surface area (Å²) in [6.45, 7) is 1.94. The highest BCUT2D eigenvalue weighted by Gasteiger charge is 2.03. The van der Waals surface area contributed by atoms with Gasteiger partial charge in [-0.1, -0.05) is 18.2 Å². The van der Waals surface area contributed by atoms with Crippen LogP contribution in [0.2, 0.25) is 0 Å². The van der Waals surface area contributed by atoms with Crippen molar-refractivity contribution < 1.29 is 9.47 Å². The van der Waals surface area contributed by atoms with Crippen molar-refractivity contribution in [1.29, 1.82) is 0 Å². The first-order valence-corrected chi connectivity index (χ1v) is 8.83. The Hall–Kier alpha value is -3.12. The summed E-state index contributed by atoms with van der Waals surface area (Å²) in [5, 5.41) is 10.1. The Kier molecular flexibility index (Phi) is 5.88. The van der Waals surface area contributed by atoms with E-state index in [4.69, 9.17) is 21.7 Å². The number of ether oxygens (including phenoxy) is 2. The number of fused-ring (bicyclic) bond motifs is 1. The van der Waals surface area contributed by atoms with Crippen LogP contribution < -0.4 is 20.2 Å². The van der Waals surface area contributed by atoms with Crippen molar-refractivity contribution in [2.24, 2.45) is 5.10 Å². The van der Waals surface area contributed by atoms with Crippen LogP contribution in [-0.4, -0.2) is 25.0 Å². The van der Waals surface area contributed by atoms with Crippen molar-refractivity contribution in [2.75, 3.05) is 19.5 Å². The largest absolute Gasteiger partial charge is 0.497 e. The Morgan fingerprint density at radius 2 is 1.48 bits per heavy atom. The molecule has 3 aromatic carbocycles. The summed E-state index contributed by atoms with van der Waals surface area (Å²) in [5.74, 6) is 1.64. The molecule has 0 saturated carbocycles. The second kappa shape index (κ2) is 8.51. The van der Waals surface area contributed by atoms with Crippen molar-refractivity contribution in [2.45, 2.75) is 6.92 Å². The molecule has 0 spiro atoms. The maximum atomic E-state index is 5.30. The van der Waals surface area contributed by atoms with Crippen LogP contribution in [-0.2, 0) is 0 Å². The number of methoxy groups -OCH3 is 2. The Labute approximate surface area is 164 Å². The number of thiocarbonyl (C=S) groups is 1. The predicted octanol–water partition coefficient (Wildman–Crippen LogP) is 4.57.